The van der Waals surface area contributed by atoms with Crippen molar-refractivity contribution in [3.05, 3.63) is 77.8 Å². The van der Waals surface area contributed by atoms with Crippen molar-refractivity contribution < 1.29 is 9.18 Å². The lowest BCUT2D eigenvalue weighted by atomic mass is 10.2. The van der Waals surface area contributed by atoms with Crippen molar-refractivity contribution in [2.75, 3.05) is 31.5 Å². The summed E-state index contributed by atoms with van der Waals surface area (Å²) in [7, 11) is 0. The third-order valence-electron chi connectivity index (χ3n) is 4.47. The van der Waals surface area contributed by atoms with E-state index < -0.39 is 0 Å². The molecule has 0 aliphatic carbocycles. The third-order valence-corrected chi connectivity index (χ3v) is 4.47. The van der Waals surface area contributed by atoms with Crippen molar-refractivity contribution in [1.29, 1.82) is 5.26 Å². The lowest BCUT2D eigenvalue weighted by molar-refractivity contribution is -0.128. The normalized spacial score (nSPS) is 15.3. The number of anilines is 1. The van der Waals surface area contributed by atoms with Gasteiger partial charge in [0.1, 0.15) is 17.5 Å². The third kappa shape index (κ3) is 5.16. The largest absolute Gasteiger partial charge is 0.360 e. The van der Waals surface area contributed by atoms with E-state index in [1.165, 1.54) is 23.9 Å². The summed E-state index contributed by atoms with van der Waals surface area (Å²) in [4.78, 5) is 16.6. The molecule has 0 saturated carbocycles. The molecule has 1 fully saturated rings. The van der Waals surface area contributed by atoms with Crippen LogP contribution in [0.1, 0.15) is 5.56 Å². The standard InChI is InChI=1S/C21H21FN4O/c22-19-7-4-8-20(13-19)24-15-18(14-23)21(27)26-11-9-25(10-12-26)16-17-5-2-1-3-6-17/h1-8,13,15,24H,9-12,16H2/b18-15-. The summed E-state index contributed by atoms with van der Waals surface area (Å²) in [5.41, 5.74) is 1.74. The van der Waals surface area contributed by atoms with Crippen LogP contribution >= 0.6 is 0 Å². The van der Waals surface area contributed by atoms with Crippen LogP contribution in [-0.4, -0.2) is 41.9 Å². The summed E-state index contributed by atoms with van der Waals surface area (Å²) >= 11 is 0. The molecule has 0 radical (unpaired) electrons. The Morgan fingerprint density at radius 1 is 1.11 bits per heavy atom. The highest BCUT2D eigenvalue weighted by Crippen LogP contribution is 2.13. The van der Waals surface area contributed by atoms with E-state index in [9.17, 15) is 14.4 Å². The number of carbonyl (C=O) groups is 1. The highest BCUT2D eigenvalue weighted by Gasteiger charge is 2.23. The summed E-state index contributed by atoms with van der Waals surface area (Å²) in [5.74, 6) is -0.687. The minimum Gasteiger partial charge on any atom is -0.360 e. The Morgan fingerprint density at radius 3 is 2.52 bits per heavy atom. The lowest BCUT2D eigenvalue weighted by Gasteiger charge is -2.34. The smallest absolute Gasteiger partial charge is 0.266 e. The first-order valence-electron chi connectivity index (χ1n) is 8.83. The average Bonchev–Trinajstić information content (AvgIpc) is 2.70. The molecule has 1 N–H and O–H groups in total. The number of hydrogen-bond acceptors (Lipinski definition) is 4. The van der Waals surface area contributed by atoms with Crippen LogP contribution in [0.15, 0.2) is 66.4 Å². The molecule has 3 rings (SSSR count). The summed E-state index contributed by atoms with van der Waals surface area (Å²) in [6.07, 6.45) is 1.34. The van der Waals surface area contributed by atoms with Gasteiger partial charge in [-0.25, -0.2) is 4.39 Å². The molecule has 1 aliphatic rings. The van der Waals surface area contributed by atoms with Crippen LogP contribution in [-0.2, 0) is 11.3 Å². The first-order valence-corrected chi connectivity index (χ1v) is 8.83. The second-order valence-electron chi connectivity index (χ2n) is 6.38. The summed E-state index contributed by atoms with van der Waals surface area (Å²) in [5, 5.41) is 12.1. The van der Waals surface area contributed by atoms with E-state index in [0.29, 0.717) is 18.8 Å². The molecule has 1 saturated heterocycles. The van der Waals surface area contributed by atoms with E-state index in [1.807, 2.05) is 24.3 Å². The van der Waals surface area contributed by atoms with Crippen molar-refractivity contribution in [1.82, 2.24) is 9.80 Å². The van der Waals surface area contributed by atoms with Gasteiger partial charge in [-0.05, 0) is 23.8 Å². The van der Waals surface area contributed by atoms with E-state index in [0.717, 1.165) is 19.6 Å². The average molecular weight is 364 g/mol. The molecule has 1 heterocycles. The zero-order chi connectivity index (χ0) is 19.1. The minimum absolute atomic E-state index is 0.00997. The highest BCUT2D eigenvalue weighted by molar-refractivity contribution is 5.97. The van der Waals surface area contributed by atoms with Gasteiger partial charge in [0.25, 0.3) is 5.91 Å². The Hall–Kier alpha value is -3.17. The van der Waals surface area contributed by atoms with Gasteiger partial charge in [-0.15, -0.1) is 0 Å². The number of piperazine rings is 1. The summed E-state index contributed by atoms with van der Waals surface area (Å²) in [6, 6.07) is 18.0. The van der Waals surface area contributed by atoms with E-state index in [4.69, 9.17) is 0 Å². The molecular formula is C21H21FN4O. The van der Waals surface area contributed by atoms with Crippen LogP contribution in [0.5, 0.6) is 0 Å². The van der Waals surface area contributed by atoms with E-state index in [2.05, 4.69) is 22.3 Å². The number of nitriles is 1. The van der Waals surface area contributed by atoms with Crippen molar-refractivity contribution in [3.63, 3.8) is 0 Å². The number of benzene rings is 2. The first-order chi connectivity index (χ1) is 13.2. The molecule has 2 aromatic rings. The number of amides is 1. The molecule has 1 aliphatic heterocycles. The van der Waals surface area contributed by atoms with Crippen LogP contribution in [0.2, 0.25) is 0 Å². The summed E-state index contributed by atoms with van der Waals surface area (Å²) < 4.78 is 13.2. The van der Waals surface area contributed by atoms with Gasteiger partial charge in [-0.3, -0.25) is 9.69 Å². The topological polar surface area (TPSA) is 59.4 Å². The minimum atomic E-state index is -0.382. The predicted octanol–water partition coefficient (Wildman–Crippen LogP) is 2.99. The number of rotatable bonds is 5. The molecule has 0 bridgehead atoms. The van der Waals surface area contributed by atoms with Crippen molar-refractivity contribution >= 4 is 11.6 Å². The monoisotopic (exact) mass is 364 g/mol. The predicted molar refractivity (Wildman–Crippen MR) is 102 cm³/mol. The molecule has 6 heteroatoms. The lowest BCUT2D eigenvalue weighted by Crippen LogP contribution is -2.48. The molecule has 138 valence electrons. The van der Waals surface area contributed by atoms with Gasteiger partial charge in [-0.2, -0.15) is 5.26 Å². The SMILES string of the molecule is N#C/C(=C/Nc1cccc(F)c1)C(=O)N1CCN(Cc2ccccc2)CC1. The van der Waals surface area contributed by atoms with Crippen LogP contribution in [0.4, 0.5) is 10.1 Å². The van der Waals surface area contributed by atoms with Gasteiger partial charge >= 0.3 is 0 Å². The quantitative estimate of drug-likeness (QED) is 0.655. The van der Waals surface area contributed by atoms with Crippen LogP contribution < -0.4 is 5.32 Å². The Morgan fingerprint density at radius 2 is 1.85 bits per heavy atom. The zero-order valence-electron chi connectivity index (χ0n) is 14.9. The van der Waals surface area contributed by atoms with E-state index in [1.54, 1.807) is 17.0 Å². The van der Waals surface area contributed by atoms with Crippen LogP contribution in [0.3, 0.4) is 0 Å². The van der Waals surface area contributed by atoms with E-state index >= 15 is 0 Å². The number of nitrogens with zero attached hydrogens (tertiary/aromatic N) is 3. The number of halogens is 1. The Bertz CT molecular complexity index is 852. The Balaban J connectivity index is 1.55. The second-order valence-corrected chi connectivity index (χ2v) is 6.38. The first kappa shape index (κ1) is 18.6. The van der Waals surface area contributed by atoms with Gasteiger partial charge in [0.2, 0.25) is 0 Å². The van der Waals surface area contributed by atoms with Crippen LogP contribution in [0, 0.1) is 17.1 Å². The fourth-order valence-electron chi connectivity index (χ4n) is 3.00. The van der Waals surface area contributed by atoms with Gasteiger partial charge in [-0.1, -0.05) is 36.4 Å². The van der Waals surface area contributed by atoms with Crippen molar-refractivity contribution in [3.8, 4) is 6.07 Å². The summed E-state index contributed by atoms with van der Waals surface area (Å²) in [6.45, 7) is 3.52. The second kappa shape index (κ2) is 8.97. The molecule has 27 heavy (non-hydrogen) atoms. The maximum absolute atomic E-state index is 13.2. The maximum atomic E-state index is 13.2. The fourth-order valence-corrected chi connectivity index (χ4v) is 3.00. The highest BCUT2D eigenvalue weighted by atomic mass is 19.1. The number of nitrogens with one attached hydrogen (secondary N) is 1. The van der Waals surface area contributed by atoms with E-state index in [-0.39, 0.29) is 17.3 Å². The van der Waals surface area contributed by atoms with Gasteiger partial charge in [0, 0.05) is 44.6 Å². The van der Waals surface area contributed by atoms with Crippen LogP contribution in [0.25, 0.3) is 0 Å². The molecule has 0 spiro atoms. The van der Waals surface area contributed by atoms with Gasteiger partial charge < -0.3 is 10.2 Å². The zero-order valence-corrected chi connectivity index (χ0v) is 14.9. The molecule has 5 nitrogen and oxygen atoms in total. The fraction of sp³-hybridized carbons (Fsp3) is 0.238. The maximum Gasteiger partial charge on any atom is 0.266 e. The molecule has 2 aromatic carbocycles. The molecular weight excluding hydrogens is 343 g/mol. The van der Waals surface area contributed by atoms with Gasteiger partial charge in [0.05, 0.1) is 0 Å². The Kier molecular flexibility index (Phi) is 6.18. The molecule has 0 atom stereocenters. The molecule has 0 unspecified atom stereocenters. The molecule has 0 aromatic heterocycles. The Labute approximate surface area is 158 Å². The van der Waals surface area contributed by atoms with Gasteiger partial charge in [0.15, 0.2) is 0 Å². The van der Waals surface area contributed by atoms with Crippen molar-refractivity contribution in [2.45, 2.75) is 6.54 Å². The van der Waals surface area contributed by atoms with Crippen molar-refractivity contribution in [2.24, 2.45) is 0 Å². The number of carbonyl (C=O) groups excluding carboxylic acids is 1. The number of hydrogen-bond donors (Lipinski definition) is 1. The molecule has 1 amide bonds.